The van der Waals surface area contributed by atoms with E-state index in [1.165, 1.54) is 0 Å². The minimum absolute atomic E-state index is 2.16. The highest BCUT2D eigenvalue weighted by atomic mass is 31.2. The zero-order chi connectivity index (χ0) is 13.9. The number of halogens is 8. The molecular formula is C4H3F8O4P. The molecule has 0 aromatic heterocycles. The molecule has 0 rings (SSSR count). The summed E-state index contributed by atoms with van der Waals surface area (Å²) in [6.45, 7) is -2.38. The van der Waals surface area contributed by atoms with Crippen LogP contribution in [-0.4, -0.2) is 19.0 Å². The second-order valence-electron chi connectivity index (χ2n) is 2.52. The highest BCUT2D eigenvalue weighted by Gasteiger charge is 2.57. The van der Waals surface area contributed by atoms with Gasteiger partial charge in [0, 0.05) is 0 Å². The molecule has 0 aliphatic carbocycles. The Kier molecular flexibility index (Phi) is 5.32. The predicted octanol–water partition coefficient (Wildman–Crippen LogP) is 3.65. The van der Waals surface area contributed by atoms with Crippen LogP contribution in [0.5, 0.6) is 0 Å². The molecule has 0 heterocycles. The summed E-state index contributed by atoms with van der Waals surface area (Å²) in [6, 6.07) is 0. The zero-order valence-electron chi connectivity index (χ0n) is 7.39. The van der Waals surface area contributed by atoms with Gasteiger partial charge in [-0.2, -0.15) is 26.3 Å². The van der Waals surface area contributed by atoms with E-state index < -0.39 is 32.7 Å². The topological polar surface area (TPSA) is 44.8 Å². The fourth-order valence-electron chi connectivity index (χ4n) is 0.591. The van der Waals surface area contributed by atoms with Gasteiger partial charge in [-0.1, -0.05) is 9.46 Å². The minimum Gasteiger partial charge on any atom is -0.282 e. The van der Waals surface area contributed by atoms with E-state index in [-0.39, 0.29) is 0 Å². The molecule has 0 amide bonds. The maximum atomic E-state index is 11.8. The Morgan fingerprint density at radius 3 is 1.53 bits per heavy atom. The lowest BCUT2D eigenvalue weighted by Gasteiger charge is -2.22. The third-order valence-electron chi connectivity index (χ3n) is 1.36. The van der Waals surface area contributed by atoms with Gasteiger partial charge in [0.25, 0.3) is 0 Å². The first-order valence-electron chi connectivity index (χ1n) is 3.45. The Morgan fingerprint density at radius 2 is 1.29 bits per heavy atom. The fraction of sp³-hybridized carbons (Fsp3) is 1.00. The van der Waals surface area contributed by atoms with Gasteiger partial charge in [-0.05, 0) is 9.05 Å². The molecule has 0 bridgehead atoms. The summed E-state index contributed by atoms with van der Waals surface area (Å²) in [5, 5.41) is 0. The molecule has 0 fully saturated rings. The second kappa shape index (κ2) is 5.46. The van der Waals surface area contributed by atoms with Gasteiger partial charge in [0.1, 0.15) is 0 Å². The molecule has 104 valence electrons. The Balaban J connectivity index is 4.76. The van der Waals surface area contributed by atoms with Crippen molar-refractivity contribution < 1.29 is 53.9 Å². The smallest absolute Gasteiger partial charge is 0.282 e. The lowest BCUT2D eigenvalue weighted by Crippen LogP contribution is -2.39. The number of phosphoric acid groups is 1. The molecule has 0 aliphatic rings. The summed E-state index contributed by atoms with van der Waals surface area (Å²) in [4.78, 5) is 0. The normalized spacial score (nSPS) is 14.4. The molecule has 4 nitrogen and oxygen atoms in total. The van der Waals surface area contributed by atoms with Gasteiger partial charge in [0.2, 0.25) is 0 Å². The summed E-state index contributed by atoms with van der Waals surface area (Å²) in [5.74, 6) is -4.09. The summed E-state index contributed by atoms with van der Waals surface area (Å²) in [5.41, 5.74) is 0. The lowest BCUT2D eigenvalue weighted by molar-refractivity contribution is -0.291. The number of alkyl halides is 6. The Labute approximate surface area is 87.8 Å². The van der Waals surface area contributed by atoms with Gasteiger partial charge >= 0.3 is 20.2 Å². The molecule has 0 N–H and O–H groups in total. The quantitative estimate of drug-likeness (QED) is 0.574. The Bertz CT molecular complexity index is 264. The predicted molar refractivity (Wildman–Crippen MR) is 33.5 cm³/mol. The molecule has 0 radical (unpaired) electrons. The van der Waals surface area contributed by atoms with E-state index in [1.54, 1.807) is 0 Å². The van der Waals surface area contributed by atoms with E-state index in [4.69, 9.17) is 0 Å². The zero-order valence-corrected chi connectivity index (χ0v) is 8.28. The molecule has 0 aromatic carbocycles. The van der Waals surface area contributed by atoms with Crippen LogP contribution >= 0.6 is 7.82 Å². The Hall–Kier alpha value is -0.450. The van der Waals surface area contributed by atoms with Crippen LogP contribution in [0.15, 0.2) is 0 Å². The van der Waals surface area contributed by atoms with Crippen LogP contribution in [-0.2, 0) is 18.5 Å². The van der Waals surface area contributed by atoms with E-state index in [0.29, 0.717) is 0 Å². The first-order chi connectivity index (χ1) is 7.46. The Morgan fingerprint density at radius 1 is 0.941 bits per heavy atom. The van der Waals surface area contributed by atoms with E-state index in [1.807, 2.05) is 0 Å². The van der Waals surface area contributed by atoms with E-state index in [0.717, 1.165) is 0 Å². The fourth-order valence-corrected chi connectivity index (χ4v) is 1.02. The first-order valence-corrected chi connectivity index (χ1v) is 4.91. The van der Waals surface area contributed by atoms with Crippen LogP contribution in [0.2, 0.25) is 0 Å². The van der Waals surface area contributed by atoms with Crippen molar-refractivity contribution in [2.45, 2.75) is 12.4 Å². The highest BCUT2D eigenvalue weighted by molar-refractivity contribution is 7.48. The molecule has 13 heteroatoms. The number of hydrogen-bond donors (Lipinski definition) is 0. The lowest BCUT2D eigenvalue weighted by atomic mass is 10.1. The van der Waals surface area contributed by atoms with Gasteiger partial charge in [-0.3, -0.25) is 4.52 Å². The van der Waals surface area contributed by atoms with Gasteiger partial charge in [0.05, 0.1) is 6.61 Å². The monoisotopic (exact) mass is 298 g/mol. The third kappa shape index (κ3) is 5.15. The van der Waals surface area contributed by atoms with Crippen LogP contribution in [0.4, 0.5) is 35.4 Å². The summed E-state index contributed by atoms with van der Waals surface area (Å²) < 4.78 is 111. The third-order valence-corrected chi connectivity index (χ3v) is 2.16. The first kappa shape index (κ1) is 16.6. The van der Waals surface area contributed by atoms with Crippen molar-refractivity contribution in [2.75, 3.05) is 6.61 Å². The maximum absolute atomic E-state index is 11.8. The van der Waals surface area contributed by atoms with Crippen molar-refractivity contribution in [1.29, 1.82) is 0 Å². The molecule has 0 aliphatic heterocycles. The van der Waals surface area contributed by atoms with Crippen LogP contribution in [0.3, 0.4) is 0 Å². The average Bonchev–Trinajstić information content (AvgIpc) is 2.13. The standard InChI is InChI=1S/C4H3F8O4P/c5-3(6,7)2(4(8,9)10)1-14-17(13,15-11)16-12/h2H,1H2. The second-order valence-corrected chi connectivity index (χ2v) is 3.95. The van der Waals surface area contributed by atoms with E-state index in [9.17, 15) is 40.0 Å². The molecule has 0 spiro atoms. The molecule has 17 heavy (non-hydrogen) atoms. The summed E-state index contributed by atoms with van der Waals surface area (Å²) >= 11 is 0. The molecule has 0 aromatic rings. The largest absolute Gasteiger partial charge is 0.537 e. The van der Waals surface area contributed by atoms with E-state index >= 15 is 0 Å². The van der Waals surface area contributed by atoms with Gasteiger partial charge in [-0.25, -0.2) is 4.57 Å². The van der Waals surface area contributed by atoms with Crippen molar-refractivity contribution in [3.63, 3.8) is 0 Å². The van der Waals surface area contributed by atoms with Crippen LogP contribution in [0.25, 0.3) is 0 Å². The number of hydrogen-bond acceptors (Lipinski definition) is 4. The number of rotatable bonds is 5. The summed E-state index contributed by atoms with van der Waals surface area (Å²) in [6.07, 6.45) is -11.6. The van der Waals surface area contributed by atoms with Crippen molar-refractivity contribution in [3.05, 3.63) is 0 Å². The van der Waals surface area contributed by atoms with Crippen molar-refractivity contribution in [1.82, 2.24) is 0 Å². The van der Waals surface area contributed by atoms with Gasteiger partial charge in [-0.15, -0.1) is 0 Å². The van der Waals surface area contributed by atoms with Crippen LogP contribution in [0, 0.1) is 5.92 Å². The molecular weight excluding hydrogens is 295 g/mol. The average molecular weight is 298 g/mol. The van der Waals surface area contributed by atoms with Gasteiger partial charge in [0.15, 0.2) is 5.92 Å². The SMILES string of the molecule is O=P(OF)(OF)OCC(C(F)(F)F)C(F)(F)F. The van der Waals surface area contributed by atoms with Crippen molar-refractivity contribution >= 4 is 7.82 Å². The molecule has 0 atom stereocenters. The highest BCUT2D eigenvalue weighted by Crippen LogP contribution is 2.52. The molecule has 0 saturated carbocycles. The summed E-state index contributed by atoms with van der Waals surface area (Å²) in [7, 11) is -5.71. The van der Waals surface area contributed by atoms with Crippen molar-refractivity contribution in [3.8, 4) is 0 Å². The molecule has 0 unspecified atom stereocenters. The van der Waals surface area contributed by atoms with Gasteiger partial charge < -0.3 is 0 Å². The maximum Gasteiger partial charge on any atom is 0.537 e. The van der Waals surface area contributed by atoms with Crippen molar-refractivity contribution in [2.24, 2.45) is 5.92 Å². The van der Waals surface area contributed by atoms with E-state index in [2.05, 4.69) is 14.0 Å². The minimum atomic E-state index is -5.81. The molecule has 0 saturated heterocycles. The van der Waals surface area contributed by atoms with Crippen LogP contribution in [0.1, 0.15) is 0 Å². The van der Waals surface area contributed by atoms with Crippen LogP contribution < -0.4 is 0 Å².